The van der Waals surface area contributed by atoms with E-state index in [1.807, 2.05) is 12.3 Å². The summed E-state index contributed by atoms with van der Waals surface area (Å²) < 4.78 is 0. The number of nitrogens with two attached hydrogens (primary N) is 1. The fraction of sp³-hybridized carbons (Fsp3) is 0.308. The largest absolute Gasteiger partial charge is 0.366 e. The molecule has 0 aromatic carbocycles. The molecular weight excluding hydrogens is 230 g/mol. The number of pyridine rings is 1. The summed E-state index contributed by atoms with van der Waals surface area (Å²) in [7, 11) is 2.08. The Kier molecular flexibility index (Phi) is 3.76. The van der Waals surface area contributed by atoms with Crippen LogP contribution in [0.15, 0.2) is 36.0 Å². The number of aromatic nitrogens is 1. The minimum atomic E-state index is 0.337. The predicted molar refractivity (Wildman–Crippen MR) is 73.3 cm³/mol. The van der Waals surface area contributed by atoms with E-state index in [0.717, 1.165) is 11.3 Å². The summed E-state index contributed by atoms with van der Waals surface area (Å²) in [6.07, 6.45) is 3.67. The van der Waals surface area contributed by atoms with Gasteiger partial charge in [-0.2, -0.15) is 0 Å². The lowest BCUT2D eigenvalue weighted by atomic mass is 10.1. The van der Waals surface area contributed by atoms with Gasteiger partial charge in [-0.25, -0.2) is 0 Å². The lowest BCUT2D eigenvalue weighted by molar-refractivity contribution is 0.746. The highest BCUT2D eigenvalue weighted by atomic mass is 32.1. The van der Waals surface area contributed by atoms with Crippen molar-refractivity contribution in [2.45, 2.75) is 19.5 Å². The van der Waals surface area contributed by atoms with E-state index in [9.17, 15) is 0 Å². The van der Waals surface area contributed by atoms with E-state index >= 15 is 0 Å². The van der Waals surface area contributed by atoms with E-state index in [2.05, 4.69) is 41.4 Å². The van der Waals surface area contributed by atoms with Crippen LogP contribution in [0, 0.1) is 0 Å². The van der Waals surface area contributed by atoms with Crippen molar-refractivity contribution < 1.29 is 0 Å². The van der Waals surface area contributed by atoms with Crippen molar-refractivity contribution >= 4 is 17.0 Å². The molecule has 2 heterocycles. The van der Waals surface area contributed by atoms with Crippen molar-refractivity contribution in [3.8, 4) is 0 Å². The van der Waals surface area contributed by atoms with Crippen LogP contribution in [0.4, 0.5) is 5.69 Å². The van der Waals surface area contributed by atoms with Gasteiger partial charge in [0.05, 0.1) is 17.9 Å². The van der Waals surface area contributed by atoms with Crippen molar-refractivity contribution in [1.29, 1.82) is 0 Å². The first-order valence-corrected chi connectivity index (χ1v) is 6.51. The molecule has 17 heavy (non-hydrogen) atoms. The Labute approximate surface area is 106 Å². The molecule has 0 radical (unpaired) electrons. The molecule has 0 aliphatic carbocycles. The summed E-state index contributed by atoms with van der Waals surface area (Å²) in [5.74, 6) is 0. The highest BCUT2D eigenvalue weighted by Crippen LogP contribution is 2.29. The Hall–Kier alpha value is -1.39. The molecule has 90 valence electrons. The minimum absolute atomic E-state index is 0.337. The molecule has 0 saturated carbocycles. The molecule has 0 bridgehead atoms. The van der Waals surface area contributed by atoms with E-state index in [1.54, 1.807) is 17.5 Å². The number of nitrogens with zero attached hydrogens (tertiary/aromatic N) is 2. The lowest BCUT2D eigenvalue weighted by Gasteiger charge is -2.27. The first-order valence-electron chi connectivity index (χ1n) is 5.63. The van der Waals surface area contributed by atoms with Crippen LogP contribution in [-0.2, 0) is 6.54 Å². The van der Waals surface area contributed by atoms with E-state index in [-0.39, 0.29) is 0 Å². The fourth-order valence-electron chi connectivity index (χ4n) is 1.83. The average molecular weight is 247 g/mol. The number of hydrogen-bond acceptors (Lipinski definition) is 4. The van der Waals surface area contributed by atoms with E-state index in [0.29, 0.717) is 12.6 Å². The molecule has 1 atom stereocenters. The quantitative estimate of drug-likeness (QED) is 0.903. The van der Waals surface area contributed by atoms with Crippen molar-refractivity contribution in [2.75, 3.05) is 11.9 Å². The molecule has 0 amide bonds. The van der Waals surface area contributed by atoms with Gasteiger partial charge in [0.1, 0.15) is 0 Å². The van der Waals surface area contributed by atoms with E-state index < -0.39 is 0 Å². The zero-order chi connectivity index (χ0) is 12.3. The lowest BCUT2D eigenvalue weighted by Crippen LogP contribution is -2.22. The first-order chi connectivity index (χ1) is 8.24. The van der Waals surface area contributed by atoms with Gasteiger partial charge in [0.15, 0.2) is 0 Å². The second-order valence-corrected chi connectivity index (χ2v) is 4.99. The molecule has 0 saturated heterocycles. The van der Waals surface area contributed by atoms with E-state index in [4.69, 9.17) is 5.73 Å². The molecule has 3 nitrogen and oxygen atoms in total. The van der Waals surface area contributed by atoms with Crippen LogP contribution in [0.5, 0.6) is 0 Å². The number of hydrogen-bond donors (Lipinski definition) is 1. The molecule has 2 N–H and O–H groups in total. The summed E-state index contributed by atoms with van der Waals surface area (Å²) in [5, 5.41) is 2.10. The molecule has 1 unspecified atom stereocenters. The van der Waals surface area contributed by atoms with Crippen LogP contribution in [0.3, 0.4) is 0 Å². The van der Waals surface area contributed by atoms with Crippen LogP contribution < -0.4 is 10.6 Å². The molecule has 0 fully saturated rings. The topological polar surface area (TPSA) is 42.2 Å². The highest BCUT2D eigenvalue weighted by Gasteiger charge is 2.15. The Morgan fingerprint density at radius 1 is 1.47 bits per heavy atom. The molecular formula is C13H17N3S. The number of anilines is 1. The van der Waals surface area contributed by atoms with E-state index in [1.165, 1.54) is 4.88 Å². The highest BCUT2D eigenvalue weighted by molar-refractivity contribution is 7.10. The van der Waals surface area contributed by atoms with Crippen molar-refractivity contribution in [3.05, 3.63) is 46.4 Å². The SMILES string of the molecule is CC(c1cccs1)N(C)c1cnccc1CN. The summed E-state index contributed by atoms with van der Waals surface area (Å²) in [4.78, 5) is 7.75. The van der Waals surface area contributed by atoms with Gasteiger partial charge in [-0.15, -0.1) is 11.3 Å². The molecule has 0 spiro atoms. The van der Waals surface area contributed by atoms with Gasteiger partial charge in [-0.1, -0.05) is 6.07 Å². The Morgan fingerprint density at radius 2 is 2.29 bits per heavy atom. The summed E-state index contributed by atoms with van der Waals surface area (Å²) in [5.41, 5.74) is 7.99. The number of rotatable bonds is 4. The number of thiophene rings is 1. The average Bonchev–Trinajstić information content (AvgIpc) is 2.90. The summed E-state index contributed by atoms with van der Waals surface area (Å²) in [6.45, 7) is 2.73. The monoisotopic (exact) mass is 247 g/mol. The molecule has 4 heteroatoms. The van der Waals surface area contributed by atoms with Gasteiger partial charge in [0.2, 0.25) is 0 Å². The maximum atomic E-state index is 5.76. The van der Waals surface area contributed by atoms with Gasteiger partial charge >= 0.3 is 0 Å². The van der Waals surface area contributed by atoms with Crippen LogP contribution in [0.1, 0.15) is 23.4 Å². The molecule has 2 aromatic heterocycles. The molecule has 0 aliphatic heterocycles. The Balaban J connectivity index is 2.27. The van der Waals surface area contributed by atoms with Crippen molar-refractivity contribution in [3.63, 3.8) is 0 Å². The standard InChI is InChI=1S/C13H17N3S/c1-10(13-4-3-7-17-13)16(2)12-9-15-6-5-11(12)8-14/h3-7,9-10H,8,14H2,1-2H3. The van der Waals surface area contributed by atoms with Crippen molar-refractivity contribution in [1.82, 2.24) is 4.98 Å². The Morgan fingerprint density at radius 3 is 2.94 bits per heavy atom. The maximum absolute atomic E-state index is 5.76. The predicted octanol–water partition coefficient (Wildman–Crippen LogP) is 2.80. The Bertz CT molecular complexity index is 467. The molecule has 2 aromatic rings. The third-order valence-corrected chi connectivity index (χ3v) is 4.07. The van der Waals surface area contributed by atoms with Crippen LogP contribution in [-0.4, -0.2) is 12.0 Å². The minimum Gasteiger partial charge on any atom is -0.366 e. The molecule has 0 aliphatic rings. The van der Waals surface area contributed by atoms with Gasteiger partial charge in [0, 0.05) is 24.7 Å². The fourth-order valence-corrected chi connectivity index (χ4v) is 2.66. The third-order valence-electron chi connectivity index (χ3n) is 3.02. The summed E-state index contributed by atoms with van der Waals surface area (Å²) >= 11 is 1.77. The second kappa shape index (κ2) is 5.29. The van der Waals surface area contributed by atoms with Gasteiger partial charge in [0.25, 0.3) is 0 Å². The van der Waals surface area contributed by atoms with Gasteiger partial charge in [-0.05, 0) is 30.0 Å². The second-order valence-electron chi connectivity index (χ2n) is 4.01. The van der Waals surface area contributed by atoms with Crippen LogP contribution in [0.2, 0.25) is 0 Å². The zero-order valence-electron chi connectivity index (χ0n) is 10.1. The normalized spacial score (nSPS) is 12.4. The van der Waals surface area contributed by atoms with Gasteiger partial charge in [-0.3, -0.25) is 4.98 Å². The first kappa shape index (κ1) is 12.1. The van der Waals surface area contributed by atoms with Crippen LogP contribution in [0.25, 0.3) is 0 Å². The van der Waals surface area contributed by atoms with Gasteiger partial charge < -0.3 is 10.6 Å². The zero-order valence-corrected chi connectivity index (χ0v) is 10.9. The maximum Gasteiger partial charge on any atom is 0.0604 e. The van der Waals surface area contributed by atoms with Crippen LogP contribution >= 0.6 is 11.3 Å². The summed E-state index contributed by atoms with van der Waals surface area (Å²) in [6, 6.07) is 6.55. The van der Waals surface area contributed by atoms with Crippen molar-refractivity contribution in [2.24, 2.45) is 5.73 Å². The smallest absolute Gasteiger partial charge is 0.0604 e. The molecule has 2 rings (SSSR count). The third kappa shape index (κ3) is 2.48.